The first kappa shape index (κ1) is 16.5. The molecule has 7 heteroatoms. The van der Waals surface area contributed by atoms with Crippen LogP contribution in [0.1, 0.15) is 24.5 Å². The van der Waals surface area contributed by atoms with Gasteiger partial charge in [0.05, 0.1) is 17.5 Å². The first-order valence-corrected chi connectivity index (χ1v) is 10.4. The summed E-state index contributed by atoms with van der Waals surface area (Å²) in [5, 5.41) is 0.579. The van der Waals surface area contributed by atoms with E-state index in [9.17, 15) is 13.2 Å². The van der Waals surface area contributed by atoms with E-state index in [1.54, 1.807) is 6.92 Å². The Labute approximate surface area is 141 Å². The quantitative estimate of drug-likeness (QED) is 0.817. The molecule has 2 fully saturated rings. The largest absolute Gasteiger partial charge is 0.316 e. The Morgan fingerprint density at radius 3 is 2.70 bits per heavy atom. The molecule has 2 aliphatic rings. The van der Waals surface area contributed by atoms with Crippen molar-refractivity contribution in [1.29, 1.82) is 0 Å². The summed E-state index contributed by atoms with van der Waals surface area (Å²) in [4.78, 5) is 17.9. The van der Waals surface area contributed by atoms with E-state index >= 15 is 0 Å². The third-order valence-corrected chi connectivity index (χ3v) is 7.57. The number of anilines is 1. The van der Waals surface area contributed by atoms with Crippen molar-refractivity contribution in [2.24, 2.45) is 4.99 Å². The number of amidine groups is 1. The number of aliphatic imine (C=N–C) groups is 1. The molecule has 124 valence electrons. The number of fused-ring (bicyclic) bond motifs is 1. The minimum Gasteiger partial charge on any atom is -0.316 e. The maximum Gasteiger partial charge on any atom is 0.247 e. The Morgan fingerprint density at radius 1 is 1.30 bits per heavy atom. The lowest BCUT2D eigenvalue weighted by Gasteiger charge is -2.25. The minimum atomic E-state index is -3.02. The van der Waals surface area contributed by atoms with E-state index in [0.29, 0.717) is 11.6 Å². The van der Waals surface area contributed by atoms with Gasteiger partial charge in [-0.05, 0) is 37.1 Å². The molecule has 3 rings (SSSR count). The normalized spacial score (nSPS) is 27.4. The Kier molecular flexibility index (Phi) is 4.27. The number of hydrogen-bond donors (Lipinski definition) is 0. The number of aryl methyl sites for hydroxylation is 2. The van der Waals surface area contributed by atoms with E-state index in [-0.39, 0.29) is 28.7 Å². The van der Waals surface area contributed by atoms with E-state index < -0.39 is 9.84 Å². The van der Waals surface area contributed by atoms with Crippen molar-refractivity contribution in [3.05, 3.63) is 29.3 Å². The van der Waals surface area contributed by atoms with Gasteiger partial charge in [0.15, 0.2) is 15.0 Å². The molecule has 2 saturated heterocycles. The van der Waals surface area contributed by atoms with Gasteiger partial charge in [-0.2, -0.15) is 4.99 Å². The van der Waals surface area contributed by atoms with Crippen LogP contribution in [-0.2, 0) is 14.6 Å². The number of amides is 1. The summed E-state index contributed by atoms with van der Waals surface area (Å²) in [7, 11) is -3.02. The summed E-state index contributed by atoms with van der Waals surface area (Å²) in [5.41, 5.74) is 3.23. The van der Waals surface area contributed by atoms with Crippen LogP contribution in [0.15, 0.2) is 23.2 Å². The zero-order valence-corrected chi connectivity index (χ0v) is 15.1. The zero-order chi connectivity index (χ0) is 16.8. The van der Waals surface area contributed by atoms with Crippen LogP contribution in [0.5, 0.6) is 0 Å². The number of carbonyl (C=O) groups is 1. The highest BCUT2D eigenvalue weighted by Gasteiger charge is 2.49. The number of sulfone groups is 1. The number of hydrogen-bond acceptors (Lipinski definition) is 4. The van der Waals surface area contributed by atoms with Gasteiger partial charge in [0.2, 0.25) is 5.91 Å². The second-order valence-electron chi connectivity index (χ2n) is 6.08. The Hall–Kier alpha value is -1.34. The first-order chi connectivity index (χ1) is 10.8. The summed E-state index contributed by atoms with van der Waals surface area (Å²) in [6.07, 6.45) is 0.346. The van der Waals surface area contributed by atoms with E-state index in [4.69, 9.17) is 0 Å². The van der Waals surface area contributed by atoms with Crippen LogP contribution in [0.4, 0.5) is 5.69 Å². The van der Waals surface area contributed by atoms with Gasteiger partial charge in [0, 0.05) is 17.4 Å². The zero-order valence-electron chi connectivity index (χ0n) is 13.4. The molecule has 5 nitrogen and oxygen atoms in total. The third kappa shape index (κ3) is 3.17. The summed E-state index contributed by atoms with van der Waals surface area (Å²) >= 11 is 1.42. The molecule has 0 unspecified atom stereocenters. The van der Waals surface area contributed by atoms with Crippen LogP contribution in [0, 0.1) is 13.8 Å². The fourth-order valence-corrected chi connectivity index (χ4v) is 6.86. The first-order valence-electron chi connectivity index (χ1n) is 7.66. The molecule has 1 aromatic rings. The molecule has 2 atom stereocenters. The standard InChI is InChI=1S/C16H20N2O3S2/c1-4-15(19)17-16-18(12-6-5-10(2)11(3)7-12)13-8-23(20,21)9-14(13)22-16/h5-7,13-14H,4,8-9H2,1-3H3/t13-,14-/m1/s1. The molecule has 23 heavy (non-hydrogen) atoms. The third-order valence-electron chi connectivity index (χ3n) is 4.36. The second kappa shape index (κ2) is 5.94. The Bertz CT molecular complexity index is 787. The predicted octanol–water partition coefficient (Wildman–Crippen LogP) is 2.31. The smallest absolute Gasteiger partial charge is 0.247 e. The molecule has 0 radical (unpaired) electrons. The number of benzene rings is 1. The number of nitrogens with zero attached hydrogens (tertiary/aromatic N) is 2. The van der Waals surface area contributed by atoms with Crippen LogP contribution >= 0.6 is 11.8 Å². The molecule has 0 saturated carbocycles. The van der Waals surface area contributed by atoms with Crippen LogP contribution in [0.25, 0.3) is 0 Å². The van der Waals surface area contributed by atoms with Crippen molar-refractivity contribution in [2.75, 3.05) is 16.4 Å². The van der Waals surface area contributed by atoms with Gasteiger partial charge < -0.3 is 4.90 Å². The number of rotatable bonds is 2. The highest BCUT2D eigenvalue weighted by molar-refractivity contribution is 8.16. The van der Waals surface area contributed by atoms with Gasteiger partial charge in [0.25, 0.3) is 0 Å². The van der Waals surface area contributed by atoms with E-state index in [0.717, 1.165) is 11.3 Å². The summed E-state index contributed by atoms with van der Waals surface area (Å²) in [6.45, 7) is 5.84. The maximum absolute atomic E-state index is 12.0. The second-order valence-corrected chi connectivity index (χ2v) is 9.44. The monoisotopic (exact) mass is 352 g/mol. The van der Waals surface area contributed by atoms with Gasteiger partial charge in [-0.3, -0.25) is 4.79 Å². The number of carbonyl (C=O) groups excluding carboxylic acids is 1. The maximum atomic E-state index is 12.0. The number of thioether (sulfide) groups is 1. The highest BCUT2D eigenvalue weighted by atomic mass is 32.2. The molecule has 2 aliphatic heterocycles. The van der Waals surface area contributed by atoms with Crippen LogP contribution in [-0.4, -0.2) is 42.3 Å². The van der Waals surface area contributed by atoms with Crippen molar-refractivity contribution in [2.45, 2.75) is 38.5 Å². The van der Waals surface area contributed by atoms with Crippen molar-refractivity contribution in [3.63, 3.8) is 0 Å². The fraction of sp³-hybridized carbons (Fsp3) is 0.500. The molecule has 0 spiro atoms. The lowest BCUT2D eigenvalue weighted by atomic mass is 10.1. The van der Waals surface area contributed by atoms with Gasteiger partial charge in [-0.15, -0.1) is 0 Å². The van der Waals surface area contributed by atoms with Gasteiger partial charge >= 0.3 is 0 Å². The average Bonchev–Trinajstić information content (AvgIpc) is 2.93. The van der Waals surface area contributed by atoms with Crippen molar-refractivity contribution < 1.29 is 13.2 Å². The van der Waals surface area contributed by atoms with E-state index in [1.165, 1.54) is 17.3 Å². The van der Waals surface area contributed by atoms with Crippen LogP contribution in [0.2, 0.25) is 0 Å². The van der Waals surface area contributed by atoms with E-state index in [2.05, 4.69) is 4.99 Å². The van der Waals surface area contributed by atoms with Crippen LogP contribution in [0.3, 0.4) is 0 Å². The van der Waals surface area contributed by atoms with Crippen molar-refractivity contribution in [1.82, 2.24) is 0 Å². The SMILES string of the molecule is CCC(=O)N=C1S[C@@H]2CS(=O)(=O)C[C@H]2N1c1ccc(C)c(C)c1. The molecule has 1 aromatic carbocycles. The van der Waals surface area contributed by atoms with Crippen molar-refractivity contribution >= 4 is 38.4 Å². The lowest BCUT2D eigenvalue weighted by molar-refractivity contribution is -0.117. The topological polar surface area (TPSA) is 66.8 Å². The Morgan fingerprint density at radius 2 is 2.04 bits per heavy atom. The average molecular weight is 352 g/mol. The summed E-state index contributed by atoms with van der Waals surface area (Å²) in [5.74, 6) is 0.101. The summed E-state index contributed by atoms with van der Waals surface area (Å²) in [6, 6.07) is 5.89. The van der Waals surface area contributed by atoms with Gasteiger partial charge in [-0.1, -0.05) is 24.8 Å². The summed E-state index contributed by atoms with van der Waals surface area (Å²) < 4.78 is 24.0. The minimum absolute atomic E-state index is 0.0509. The molecule has 0 N–H and O–H groups in total. The molecule has 2 heterocycles. The highest BCUT2D eigenvalue weighted by Crippen LogP contribution is 2.41. The van der Waals surface area contributed by atoms with Crippen molar-refractivity contribution in [3.8, 4) is 0 Å². The molecule has 0 aliphatic carbocycles. The molecular weight excluding hydrogens is 332 g/mol. The molecule has 0 bridgehead atoms. The molecule has 1 amide bonds. The van der Waals surface area contributed by atoms with Gasteiger partial charge in [-0.25, -0.2) is 8.42 Å². The Balaban J connectivity index is 2.04. The predicted molar refractivity (Wildman–Crippen MR) is 94.9 cm³/mol. The lowest BCUT2D eigenvalue weighted by Crippen LogP contribution is -2.37. The van der Waals surface area contributed by atoms with E-state index in [1.807, 2.05) is 36.9 Å². The fourth-order valence-electron chi connectivity index (χ4n) is 2.93. The molecular formula is C16H20N2O3S2. The molecule has 0 aromatic heterocycles. The van der Waals surface area contributed by atoms with Crippen LogP contribution < -0.4 is 4.90 Å². The van der Waals surface area contributed by atoms with Gasteiger partial charge in [0.1, 0.15) is 0 Å².